The molecule has 3 aromatic rings. The number of rotatable bonds is 4. The molecular weight excluding hydrogens is 319 g/mol. The Bertz CT molecular complexity index is 923. The van der Waals surface area contributed by atoms with Crippen molar-refractivity contribution in [3.05, 3.63) is 66.5 Å². The van der Waals surface area contributed by atoms with Gasteiger partial charge in [0.25, 0.3) is 10.0 Å². The van der Waals surface area contributed by atoms with Crippen molar-refractivity contribution in [3.8, 4) is 5.69 Å². The van der Waals surface area contributed by atoms with Crippen LogP contribution in [0.15, 0.2) is 60.0 Å². The van der Waals surface area contributed by atoms with Gasteiger partial charge in [-0.3, -0.25) is 4.72 Å². The zero-order valence-electron chi connectivity index (χ0n) is 12.1. The van der Waals surface area contributed by atoms with Crippen molar-refractivity contribution in [1.29, 1.82) is 0 Å². The molecule has 0 saturated carbocycles. The molecule has 0 atom stereocenters. The summed E-state index contributed by atoms with van der Waals surface area (Å²) in [7, 11) is -3.76. The molecule has 0 spiro atoms. The standard InChI is InChI=1S/C15H13FN4O2S/c1-11-2-5-13(6-3-11)23(21,22)19-12-4-7-15(14(16)8-12)20-10-17-9-18-20/h2-10,19H,1H3. The summed E-state index contributed by atoms with van der Waals surface area (Å²) in [6.07, 6.45) is 2.64. The third kappa shape index (κ3) is 3.21. The van der Waals surface area contributed by atoms with Crippen LogP contribution in [-0.4, -0.2) is 23.2 Å². The second kappa shape index (κ2) is 5.81. The number of aromatic nitrogens is 3. The van der Waals surface area contributed by atoms with Gasteiger partial charge in [0.05, 0.1) is 10.6 Å². The van der Waals surface area contributed by atoms with Crippen molar-refractivity contribution in [2.75, 3.05) is 4.72 Å². The van der Waals surface area contributed by atoms with E-state index < -0.39 is 15.8 Å². The maximum atomic E-state index is 14.1. The Labute approximate surface area is 132 Å². The fraction of sp³-hybridized carbons (Fsp3) is 0.0667. The Kier molecular flexibility index (Phi) is 3.83. The SMILES string of the molecule is Cc1ccc(S(=O)(=O)Nc2ccc(-n3cncn3)c(F)c2)cc1. The van der Waals surface area contributed by atoms with Gasteiger partial charge in [0.15, 0.2) is 5.82 Å². The minimum Gasteiger partial charge on any atom is -0.280 e. The molecule has 0 amide bonds. The van der Waals surface area contributed by atoms with E-state index in [1.165, 1.54) is 41.6 Å². The average molecular weight is 332 g/mol. The number of sulfonamides is 1. The summed E-state index contributed by atoms with van der Waals surface area (Å²) in [6.45, 7) is 1.86. The van der Waals surface area contributed by atoms with Gasteiger partial charge in [0, 0.05) is 6.07 Å². The summed E-state index contributed by atoms with van der Waals surface area (Å²) < 4.78 is 42.3. The quantitative estimate of drug-likeness (QED) is 0.796. The summed E-state index contributed by atoms with van der Waals surface area (Å²) in [5.74, 6) is -0.611. The highest BCUT2D eigenvalue weighted by Gasteiger charge is 2.15. The number of anilines is 1. The highest BCUT2D eigenvalue weighted by Crippen LogP contribution is 2.20. The van der Waals surface area contributed by atoms with E-state index in [1.807, 2.05) is 6.92 Å². The average Bonchev–Trinajstić information content (AvgIpc) is 3.01. The molecule has 0 saturated heterocycles. The van der Waals surface area contributed by atoms with E-state index in [9.17, 15) is 12.8 Å². The first-order valence-corrected chi connectivity index (χ1v) is 8.18. The minimum atomic E-state index is -3.76. The molecule has 1 heterocycles. The molecule has 0 bridgehead atoms. The van der Waals surface area contributed by atoms with Crippen LogP contribution in [-0.2, 0) is 10.0 Å². The fourth-order valence-electron chi connectivity index (χ4n) is 2.02. The number of hydrogen-bond donors (Lipinski definition) is 1. The zero-order chi connectivity index (χ0) is 16.4. The minimum absolute atomic E-state index is 0.115. The molecule has 0 aliphatic rings. The molecule has 0 unspecified atom stereocenters. The number of nitrogens with zero attached hydrogens (tertiary/aromatic N) is 3. The molecule has 3 rings (SSSR count). The van der Waals surface area contributed by atoms with Crippen LogP contribution in [0.25, 0.3) is 5.69 Å². The molecule has 1 aromatic heterocycles. The first kappa shape index (κ1) is 15.2. The Morgan fingerprint density at radius 3 is 2.48 bits per heavy atom. The van der Waals surface area contributed by atoms with E-state index in [0.717, 1.165) is 11.6 Å². The lowest BCUT2D eigenvalue weighted by atomic mass is 10.2. The molecule has 0 aliphatic carbocycles. The summed E-state index contributed by atoms with van der Waals surface area (Å²) in [4.78, 5) is 3.86. The fourth-order valence-corrected chi connectivity index (χ4v) is 3.07. The van der Waals surface area contributed by atoms with Crippen molar-refractivity contribution >= 4 is 15.7 Å². The molecule has 118 valence electrons. The number of halogens is 1. The van der Waals surface area contributed by atoms with Gasteiger partial charge in [-0.05, 0) is 31.2 Å². The normalized spacial score (nSPS) is 11.4. The van der Waals surface area contributed by atoms with Crippen molar-refractivity contribution in [3.63, 3.8) is 0 Å². The monoisotopic (exact) mass is 332 g/mol. The molecule has 1 N–H and O–H groups in total. The van der Waals surface area contributed by atoms with Crippen LogP contribution in [0.2, 0.25) is 0 Å². The van der Waals surface area contributed by atoms with E-state index in [-0.39, 0.29) is 16.3 Å². The molecule has 0 radical (unpaired) electrons. The summed E-state index contributed by atoms with van der Waals surface area (Å²) in [6, 6.07) is 10.4. The molecule has 2 aromatic carbocycles. The third-order valence-corrected chi connectivity index (χ3v) is 4.59. The molecule has 6 nitrogen and oxygen atoms in total. The lowest BCUT2D eigenvalue weighted by Gasteiger charge is -2.10. The van der Waals surface area contributed by atoms with Gasteiger partial charge >= 0.3 is 0 Å². The third-order valence-electron chi connectivity index (χ3n) is 3.20. The molecule has 8 heteroatoms. The van der Waals surface area contributed by atoms with Crippen molar-refractivity contribution in [2.45, 2.75) is 11.8 Å². The maximum absolute atomic E-state index is 14.1. The highest BCUT2D eigenvalue weighted by atomic mass is 32.2. The van der Waals surface area contributed by atoms with Crippen LogP contribution in [0.4, 0.5) is 10.1 Å². The van der Waals surface area contributed by atoms with E-state index in [1.54, 1.807) is 12.1 Å². The first-order valence-electron chi connectivity index (χ1n) is 6.70. The molecule has 0 aliphatic heterocycles. The van der Waals surface area contributed by atoms with E-state index >= 15 is 0 Å². The zero-order valence-corrected chi connectivity index (χ0v) is 13.0. The Morgan fingerprint density at radius 1 is 1.13 bits per heavy atom. The summed E-state index contributed by atoms with van der Waals surface area (Å²) >= 11 is 0. The van der Waals surface area contributed by atoms with Gasteiger partial charge in [-0.25, -0.2) is 22.5 Å². The van der Waals surface area contributed by atoms with Gasteiger partial charge in [0.1, 0.15) is 18.3 Å². The van der Waals surface area contributed by atoms with Gasteiger partial charge < -0.3 is 0 Å². The number of benzene rings is 2. The van der Waals surface area contributed by atoms with Crippen LogP contribution < -0.4 is 4.72 Å². The smallest absolute Gasteiger partial charge is 0.261 e. The number of hydrogen-bond acceptors (Lipinski definition) is 4. The van der Waals surface area contributed by atoms with E-state index in [0.29, 0.717) is 0 Å². The van der Waals surface area contributed by atoms with Crippen molar-refractivity contribution in [1.82, 2.24) is 14.8 Å². The van der Waals surface area contributed by atoms with Gasteiger partial charge in [-0.2, -0.15) is 5.10 Å². The molecule has 23 heavy (non-hydrogen) atoms. The van der Waals surface area contributed by atoms with E-state index in [4.69, 9.17) is 0 Å². The van der Waals surface area contributed by atoms with Crippen LogP contribution >= 0.6 is 0 Å². The molecule has 0 fully saturated rings. The Morgan fingerprint density at radius 2 is 1.87 bits per heavy atom. The number of aryl methyl sites for hydroxylation is 1. The summed E-state index contributed by atoms with van der Waals surface area (Å²) in [5.41, 5.74) is 1.26. The molecular formula is C15H13FN4O2S. The van der Waals surface area contributed by atoms with Crippen LogP contribution in [0.5, 0.6) is 0 Å². The maximum Gasteiger partial charge on any atom is 0.261 e. The van der Waals surface area contributed by atoms with Gasteiger partial charge in [0.2, 0.25) is 0 Å². The topological polar surface area (TPSA) is 76.9 Å². The Balaban J connectivity index is 1.88. The predicted molar refractivity (Wildman–Crippen MR) is 83.3 cm³/mol. The highest BCUT2D eigenvalue weighted by molar-refractivity contribution is 7.92. The van der Waals surface area contributed by atoms with Crippen molar-refractivity contribution in [2.24, 2.45) is 0 Å². The van der Waals surface area contributed by atoms with E-state index in [2.05, 4.69) is 14.8 Å². The second-order valence-corrected chi connectivity index (χ2v) is 6.61. The van der Waals surface area contributed by atoms with Crippen LogP contribution in [0, 0.1) is 12.7 Å². The lowest BCUT2D eigenvalue weighted by molar-refractivity contribution is 0.600. The second-order valence-electron chi connectivity index (χ2n) is 4.92. The van der Waals surface area contributed by atoms with Gasteiger partial charge in [-0.15, -0.1) is 0 Å². The Hall–Kier alpha value is -2.74. The van der Waals surface area contributed by atoms with Gasteiger partial charge in [-0.1, -0.05) is 17.7 Å². The first-order chi connectivity index (χ1) is 11.0. The largest absolute Gasteiger partial charge is 0.280 e. The number of nitrogens with one attached hydrogen (secondary N) is 1. The predicted octanol–water partition coefficient (Wildman–Crippen LogP) is 2.52. The summed E-state index contributed by atoms with van der Waals surface area (Å²) in [5, 5.41) is 3.83. The van der Waals surface area contributed by atoms with Crippen LogP contribution in [0.3, 0.4) is 0 Å². The van der Waals surface area contributed by atoms with Crippen molar-refractivity contribution < 1.29 is 12.8 Å². The van der Waals surface area contributed by atoms with Crippen LogP contribution in [0.1, 0.15) is 5.56 Å². The lowest BCUT2D eigenvalue weighted by Crippen LogP contribution is -2.13.